The van der Waals surface area contributed by atoms with Crippen molar-refractivity contribution in [2.45, 2.75) is 13.5 Å². The number of aryl methyl sites for hydroxylation is 2. The molecule has 1 heterocycles. The molecule has 0 aliphatic carbocycles. The van der Waals surface area contributed by atoms with Crippen molar-refractivity contribution in [3.63, 3.8) is 0 Å². The number of nitrogen functional groups attached to an aromatic ring is 1. The Hall–Kier alpha value is -1.13. The van der Waals surface area contributed by atoms with Gasteiger partial charge < -0.3 is 5.73 Å². The molecule has 0 unspecified atom stereocenters. The summed E-state index contributed by atoms with van der Waals surface area (Å²) in [7, 11) is 1.74. The van der Waals surface area contributed by atoms with Gasteiger partial charge in [-0.05, 0) is 6.92 Å². The van der Waals surface area contributed by atoms with E-state index in [1.54, 1.807) is 11.7 Å². The zero-order valence-electron chi connectivity index (χ0n) is 5.57. The smallest absolute Gasteiger partial charge is 0.304 e. The molecule has 0 fully saturated rings. The Morgan fingerprint density at radius 3 is 2.67 bits per heavy atom. The second-order valence-corrected chi connectivity index (χ2v) is 1.75. The average molecular weight is 128 g/mol. The molecule has 0 aromatic carbocycles. The van der Waals surface area contributed by atoms with Gasteiger partial charge in [0.25, 0.3) is 0 Å². The molecule has 9 heavy (non-hydrogen) atoms. The zero-order chi connectivity index (χ0) is 6.85. The van der Waals surface area contributed by atoms with Crippen molar-refractivity contribution in [1.29, 1.82) is 0 Å². The summed E-state index contributed by atoms with van der Waals surface area (Å²) in [5, 5.41) is 7.75. The summed E-state index contributed by atoms with van der Waals surface area (Å²) in [6, 6.07) is 0. The molecule has 0 amide bonds. The number of tetrazole rings is 1. The van der Waals surface area contributed by atoms with Crippen LogP contribution in [-0.2, 0) is 13.6 Å². The first-order valence-electron chi connectivity index (χ1n) is 2.81. The molecule has 5 heteroatoms. The lowest BCUT2D eigenvalue weighted by atomic mass is 10.8. The molecule has 2 N–H and O–H groups in total. The van der Waals surface area contributed by atoms with Gasteiger partial charge in [-0.15, -0.1) is 4.68 Å². The molecular weight excluding hydrogens is 118 g/mol. The van der Waals surface area contributed by atoms with Gasteiger partial charge in [0.2, 0.25) is 0 Å². The lowest BCUT2D eigenvalue weighted by Crippen LogP contribution is -2.37. The normalized spacial score (nSPS) is 10.0. The van der Waals surface area contributed by atoms with E-state index < -0.39 is 0 Å². The van der Waals surface area contributed by atoms with E-state index >= 15 is 0 Å². The Kier molecular flexibility index (Phi) is 1.33. The molecule has 1 aromatic heterocycles. The van der Waals surface area contributed by atoms with E-state index in [1.165, 1.54) is 4.80 Å². The van der Waals surface area contributed by atoms with Crippen molar-refractivity contribution in [2.24, 2.45) is 7.05 Å². The van der Waals surface area contributed by atoms with Gasteiger partial charge in [0, 0.05) is 5.21 Å². The molecule has 1 aromatic rings. The maximum absolute atomic E-state index is 5.42. The fraction of sp³-hybridized carbons (Fsp3) is 0.750. The maximum atomic E-state index is 5.42. The second-order valence-electron chi connectivity index (χ2n) is 1.75. The number of anilines is 1. The third-order valence-electron chi connectivity index (χ3n) is 1.05. The third-order valence-corrected chi connectivity index (χ3v) is 1.05. The minimum Gasteiger partial charge on any atom is -0.304 e. The van der Waals surface area contributed by atoms with Crippen molar-refractivity contribution >= 4 is 5.95 Å². The van der Waals surface area contributed by atoms with Crippen molar-refractivity contribution in [1.82, 2.24) is 15.1 Å². The van der Waals surface area contributed by atoms with Crippen molar-refractivity contribution in [2.75, 3.05) is 5.73 Å². The number of hydrogen-bond acceptors (Lipinski definition) is 3. The van der Waals surface area contributed by atoms with Crippen molar-refractivity contribution in [3.05, 3.63) is 0 Å². The van der Waals surface area contributed by atoms with Gasteiger partial charge in [0.15, 0.2) is 0 Å². The van der Waals surface area contributed by atoms with Crippen LogP contribution >= 0.6 is 0 Å². The molecule has 0 saturated carbocycles. The van der Waals surface area contributed by atoms with Gasteiger partial charge in [0.1, 0.15) is 7.05 Å². The van der Waals surface area contributed by atoms with E-state index in [0.717, 1.165) is 6.54 Å². The van der Waals surface area contributed by atoms with Crippen LogP contribution in [0.1, 0.15) is 6.92 Å². The quantitative estimate of drug-likeness (QED) is 0.478. The zero-order valence-corrected chi connectivity index (χ0v) is 5.57. The van der Waals surface area contributed by atoms with Gasteiger partial charge in [-0.25, -0.2) is 0 Å². The van der Waals surface area contributed by atoms with E-state index in [2.05, 4.69) is 10.3 Å². The summed E-state index contributed by atoms with van der Waals surface area (Å²) in [5.41, 5.74) is 5.42. The first-order chi connectivity index (χ1) is 4.24. The van der Waals surface area contributed by atoms with Crippen molar-refractivity contribution < 1.29 is 4.68 Å². The minimum absolute atomic E-state index is 0.458. The number of aromatic nitrogens is 4. The predicted molar refractivity (Wildman–Crippen MR) is 31.3 cm³/mol. The molecular formula is C4H10N5+. The highest BCUT2D eigenvalue weighted by Crippen LogP contribution is 1.77. The molecule has 0 aliphatic heterocycles. The summed E-state index contributed by atoms with van der Waals surface area (Å²) < 4.78 is 1.62. The van der Waals surface area contributed by atoms with E-state index in [4.69, 9.17) is 5.73 Å². The van der Waals surface area contributed by atoms with E-state index in [9.17, 15) is 0 Å². The van der Waals surface area contributed by atoms with Gasteiger partial charge in [-0.2, -0.15) is 0 Å². The Bertz CT molecular complexity index is 203. The van der Waals surface area contributed by atoms with E-state index in [-0.39, 0.29) is 0 Å². The molecule has 50 valence electrons. The second kappa shape index (κ2) is 2.00. The summed E-state index contributed by atoms with van der Waals surface area (Å²) in [5.74, 6) is 0.458. The molecule has 0 radical (unpaired) electrons. The van der Waals surface area contributed by atoms with Gasteiger partial charge in [-0.1, -0.05) is 4.80 Å². The molecule has 0 atom stereocenters. The van der Waals surface area contributed by atoms with Crippen LogP contribution in [0.4, 0.5) is 5.95 Å². The summed E-state index contributed by atoms with van der Waals surface area (Å²) in [4.78, 5) is 1.44. The van der Waals surface area contributed by atoms with Crippen LogP contribution in [0.15, 0.2) is 0 Å². The first kappa shape index (κ1) is 6.00. The van der Waals surface area contributed by atoms with Crippen LogP contribution in [0.3, 0.4) is 0 Å². The monoisotopic (exact) mass is 128 g/mol. The SMILES string of the molecule is CC[n+]1nn(C)nc1N. The highest BCUT2D eigenvalue weighted by Gasteiger charge is 2.07. The fourth-order valence-corrected chi connectivity index (χ4v) is 0.647. The average Bonchev–Trinajstić information content (AvgIpc) is 2.10. The minimum atomic E-state index is 0.458. The Labute approximate surface area is 53.1 Å². The highest BCUT2D eigenvalue weighted by atomic mass is 15.6. The third kappa shape index (κ3) is 0.984. The lowest BCUT2D eigenvalue weighted by molar-refractivity contribution is -0.739. The van der Waals surface area contributed by atoms with Crippen LogP contribution in [0.5, 0.6) is 0 Å². The Morgan fingerprint density at radius 1 is 1.78 bits per heavy atom. The maximum Gasteiger partial charge on any atom is 0.395 e. The number of nitrogens with zero attached hydrogens (tertiary/aromatic N) is 4. The molecule has 0 bridgehead atoms. The molecule has 5 nitrogen and oxygen atoms in total. The molecule has 0 saturated heterocycles. The van der Waals surface area contributed by atoms with Gasteiger partial charge in [0.05, 0.1) is 11.6 Å². The summed E-state index contributed by atoms with van der Waals surface area (Å²) in [6.07, 6.45) is 0. The van der Waals surface area contributed by atoms with Gasteiger partial charge >= 0.3 is 5.95 Å². The van der Waals surface area contributed by atoms with Crippen LogP contribution in [0.25, 0.3) is 0 Å². The fourth-order valence-electron chi connectivity index (χ4n) is 0.647. The summed E-state index contributed by atoms with van der Waals surface area (Å²) in [6.45, 7) is 2.73. The molecule has 0 aliphatic rings. The lowest BCUT2D eigenvalue weighted by Gasteiger charge is -1.82. The largest absolute Gasteiger partial charge is 0.395 e. The molecule has 1 rings (SSSR count). The van der Waals surface area contributed by atoms with Crippen LogP contribution in [-0.4, -0.2) is 15.1 Å². The summed E-state index contributed by atoms with van der Waals surface area (Å²) >= 11 is 0. The van der Waals surface area contributed by atoms with Gasteiger partial charge in [-0.3, -0.25) is 0 Å². The van der Waals surface area contributed by atoms with Crippen LogP contribution < -0.4 is 10.4 Å². The van der Waals surface area contributed by atoms with Crippen LogP contribution in [0, 0.1) is 0 Å². The highest BCUT2D eigenvalue weighted by molar-refractivity contribution is 4.98. The topological polar surface area (TPSA) is 60.6 Å². The van der Waals surface area contributed by atoms with E-state index in [1.807, 2.05) is 6.92 Å². The Morgan fingerprint density at radius 2 is 2.44 bits per heavy atom. The first-order valence-corrected chi connectivity index (χ1v) is 2.81. The predicted octanol–water partition coefficient (Wildman–Crippen LogP) is -1.30. The molecule has 0 spiro atoms. The standard InChI is InChI=1S/C4H10N5/c1-3-9-4(5)6-8(2)7-9/h3H2,1-2H3,(H2,5,6,7)/q+1. The van der Waals surface area contributed by atoms with Crippen LogP contribution in [0.2, 0.25) is 0 Å². The number of hydrogen-bond donors (Lipinski definition) is 1. The Balaban J connectivity index is 3.01. The number of rotatable bonds is 1. The van der Waals surface area contributed by atoms with E-state index in [0.29, 0.717) is 5.95 Å². The van der Waals surface area contributed by atoms with Crippen molar-refractivity contribution in [3.8, 4) is 0 Å². The number of nitrogens with two attached hydrogens (primary N) is 1.